The Morgan fingerprint density at radius 2 is 2.05 bits per heavy atom. The summed E-state index contributed by atoms with van der Waals surface area (Å²) in [6.45, 7) is 5.62. The molecular weight excluding hydrogens is 286 g/mol. The quantitative estimate of drug-likeness (QED) is 0.861. The zero-order valence-corrected chi connectivity index (χ0v) is 13.0. The minimum Gasteiger partial charge on any atom is -0.315 e. The molecule has 0 aromatic carbocycles. The highest BCUT2D eigenvalue weighted by atomic mass is 32.2. The molecule has 2 rings (SSSR count). The van der Waals surface area contributed by atoms with Gasteiger partial charge in [-0.2, -0.15) is 4.31 Å². The Balaban J connectivity index is 2.38. The van der Waals surface area contributed by atoms with Crippen LogP contribution in [0.2, 0.25) is 0 Å². The Bertz CT molecular complexity index is 605. The van der Waals surface area contributed by atoms with Gasteiger partial charge in [0.1, 0.15) is 0 Å². The van der Waals surface area contributed by atoms with Crippen molar-refractivity contribution >= 4 is 21.4 Å². The van der Waals surface area contributed by atoms with Crippen molar-refractivity contribution in [1.29, 1.82) is 0 Å². The first-order chi connectivity index (χ1) is 8.82. The lowest BCUT2D eigenvalue weighted by molar-refractivity contribution is 0.291. The van der Waals surface area contributed by atoms with Crippen LogP contribution in [0.4, 0.5) is 0 Å². The summed E-state index contributed by atoms with van der Waals surface area (Å²) < 4.78 is 27.0. The summed E-state index contributed by atoms with van der Waals surface area (Å²) >= 11 is 0.770. The van der Waals surface area contributed by atoms with Gasteiger partial charge in [-0.1, -0.05) is 11.3 Å². The number of aromatic nitrogens is 1. The van der Waals surface area contributed by atoms with Crippen molar-refractivity contribution in [2.24, 2.45) is 0 Å². The van der Waals surface area contributed by atoms with Crippen molar-refractivity contribution in [3.05, 3.63) is 15.4 Å². The predicted molar refractivity (Wildman–Crippen MR) is 75.1 cm³/mol. The molecule has 19 heavy (non-hydrogen) atoms. The lowest BCUT2D eigenvalue weighted by Crippen LogP contribution is -2.41. The largest absolute Gasteiger partial charge is 0.315 e. The van der Waals surface area contributed by atoms with E-state index in [0.29, 0.717) is 18.8 Å². The second kappa shape index (κ2) is 5.35. The average molecular weight is 305 g/mol. The Morgan fingerprint density at radius 3 is 2.63 bits per heavy atom. The highest BCUT2D eigenvalue weighted by Crippen LogP contribution is 2.24. The second-order valence-corrected chi connectivity index (χ2v) is 8.08. The Kier molecular flexibility index (Phi) is 4.14. The van der Waals surface area contributed by atoms with Crippen LogP contribution in [0.1, 0.15) is 19.0 Å². The van der Waals surface area contributed by atoms with Crippen LogP contribution >= 0.6 is 11.3 Å². The number of hydrogen-bond donors (Lipinski definition) is 1. The molecule has 1 atom stereocenters. The first-order valence-corrected chi connectivity index (χ1v) is 8.48. The fourth-order valence-electron chi connectivity index (χ4n) is 2.45. The number of H-pyrrole nitrogens is 1. The van der Waals surface area contributed by atoms with Gasteiger partial charge in [0.05, 0.1) is 0 Å². The molecule has 1 N–H and O–H groups in total. The van der Waals surface area contributed by atoms with Crippen LogP contribution in [-0.2, 0) is 10.0 Å². The van der Waals surface area contributed by atoms with E-state index in [4.69, 9.17) is 0 Å². The fourth-order valence-corrected chi connectivity index (χ4v) is 5.52. The minimum atomic E-state index is -3.57. The van der Waals surface area contributed by atoms with E-state index >= 15 is 0 Å². The number of aryl methyl sites for hydroxylation is 1. The van der Waals surface area contributed by atoms with E-state index in [1.54, 1.807) is 6.92 Å². The highest BCUT2D eigenvalue weighted by Gasteiger charge is 2.33. The van der Waals surface area contributed by atoms with Crippen LogP contribution in [0.5, 0.6) is 0 Å². The van der Waals surface area contributed by atoms with Crippen molar-refractivity contribution in [2.45, 2.75) is 30.5 Å². The monoisotopic (exact) mass is 305 g/mol. The number of thiazole rings is 1. The molecule has 1 saturated heterocycles. The number of hydrogen-bond acceptors (Lipinski definition) is 5. The van der Waals surface area contributed by atoms with Crippen LogP contribution in [0.25, 0.3) is 0 Å². The molecule has 1 unspecified atom stereocenters. The van der Waals surface area contributed by atoms with Gasteiger partial charge in [0.25, 0.3) is 10.0 Å². The molecule has 0 radical (unpaired) electrons. The summed E-state index contributed by atoms with van der Waals surface area (Å²) in [5.74, 6) is 0. The molecule has 8 heteroatoms. The van der Waals surface area contributed by atoms with Gasteiger partial charge in [-0.15, -0.1) is 0 Å². The van der Waals surface area contributed by atoms with Crippen LogP contribution in [0.15, 0.2) is 9.00 Å². The number of likely N-dealkylation sites (N-methyl/N-ethyl adjacent to an activating group) is 1. The van der Waals surface area contributed by atoms with Gasteiger partial charge < -0.3 is 9.88 Å². The maximum atomic E-state index is 12.7. The van der Waals surface area contributed by atoms with Crippen LogP contribution in [0, 0.1) is 6.92 Å². The molecule has 108 valence electrons. The van der Waals surface area contributed by atoms with Crippen molar-refractivity contribution in [1.82, 2.24) is 14.2 Å². The maximum Gasteiger partial charge on any atom is 0.305 e. The predicted octanol–water partition coefficient (Wildman–Crippen LogP) is 0.460. The number of nitrogens with one attached hydrogen (secondary N) is 1. The van der Waals surface area contributed by atoms with Gasteiger partial charge in [0.15, 0.2) is 4.21 Å². The van der Waals surface area contributed by atoms with Gasteiger partial charge in [0.2, 0.25) is 0 Å². The molecule has 0 spiro atoms. The lowest BCUT2D eigenvalue weighted by atomic mass is 10.3. The van der Waals surface area contributed by atoms with Crippen LogP contribution in [0.3, 0.4) is 0 Å². The zero-order chi connectivity index (χ0) is 14.2. The molecule has 1 aliphatic heterocycles. The third-order valence-electron chi connectivity index (χ3n) is 3.31. The van der Waals surface area contributed by atoms with Crippen molar-refractivity contribution < 1.29 is 8.42 Å². The standard InChI is InChI=1S/C11H19N3O3S2/c1-8-7-13(3)5-4-6-14(8)19(16,17)10-9(2)12-11(15)18-10/h8H,4-7H2,1-3H3,(H,12,15). The molecule has 1 fully saturated rings. The highest BCUT2D eigenvalue weighted by molar-refractivity contribution is 7.91. The summed E-state index contributed by atoms with van der Waals surface area (Å²) in [5.41, 5.74) is 0.430. The van der Waals surface area contributed by atoms with Crippen LogP contribution in [-0.4, -0.2) is 55.3 Å². The normalized spacial score (nSPS) is 23.4. The molecule has 0 saturated carbocycles. The van der Waals surface area contributed by atoms with Crippen molar-refractivity contribution in [3.63, 3.8) is 0 Å². The Hall–Kier alpha value is -0.700. The van der Waals surface area contributed by atoms with E-state index in [2.05, 4.69) is 9.88 Å². The van der Waals surface area contributed by atoms with E-state index in [9.17, 15) is 13.2 Å². The van der Waals surface area contributed by atoms with E-state index in [1.165, 1.54) is 4.31 Å². The summed E-state index contributed by atoms with van der Waals surface area (Å²) in [4.78, 5) is 15.7. The maximum absolute atomic E-state index is 12.7. The Labute approximate surface area is 117 Å². The molecule has 0 bridgehead atoms. The fraction of sp³-hybridized carbons (Fsp3) is 0.727. The van der Waals surface area contributed by atoms with Gasteiger partial charge in [0, 0.05) is 24.8 Å². The lowest BCUT2D eigenvalue weighted by Gasteiger charge is -2.26. The smallest absolute Gasteiger partial charge is 0.305 e. The number of aromatic amines is 1. The van der Waals surface area contributed by atoms with E-state index < -0.39 is 10.0 Å². The van der Waals surface area contributed by atoms with E-state index in [1.807, 2.05) is 14.0 Å². The van der Waals surface area contributed by atoms with Crippen molar-refractivity contribution in [2.75, 3.05) is 26.7 Å². The SMILES string of the molecule is Cc1[nH]c(=O)sc1S(=O)(=O)N1CCCN(C)CC1C. The minimum absolute atomic E-state index is 0.0888. The van der Waals surface area contributed by atoms with Gasteiger partial charge in [-0.3, -0.25) is 4.79 Å². The Morgan fingerprint density at radius 1 is 1.37 bits per heavy atom. The molecule has 0 aliphatic carbocycles. The number of nitrogens with zero attached hydrogens (tertiary/aromatic N) is 2. The van der Waals surface area contributed by atoms with Crippen molar-refractivity contribution in [3.8, 4) is 0 Å². The third-order valence-corrected chi connectivity index (χ3v) is 6.91. The molecule has 1 aromatic rings. The van der Waals surface area contributed by atoms with Gasteiger partial charge in [-0.05, 0) is 33.9 Å². The molecule has 0 amide bonds. The van der Waals surface area contributed by atoms with Crippen LogP contribution < -0.4 is 4.87 Å². The topological polar surface area (TPSA) is 73.5 Å². The first kappa shape index (κ1) is 14.7. The van der Waals surface area contributed by atoms with Gasteiger partial charge >= 0.3 is 4.87 Å². The average Bonchev–Trinajstić information content (AvgIpc) is 2.53. The summed E-state index contributed by atoms with van der Waals surface area (Å²) in [6, 6.07) is -0.0888. The van der Waals surface area contributed by atoms with Gasteiger partial charge in [-0.25, -0.2) is 8.42 Å². The molecule has 1 aromatic heterocycles. The first-order valence-electron chi connectivity index (χ1n) is 6.22. The van der Waals surface area contributed by atoms with E-state index in [-0.39, 0.29) is 15.1 Å². The third kappa shape index (κ3) is 2.91. The second-order valence-electron chi connectivity index (χ2n) is 5.01. The zero-order valence-electron chi connectivity index (χ0n) is 11.3. The number of rotatable bonds is 2. The molecular formula is C11H19N3O3S2. The summed E-state index contributed by atoms with van der Waals surface area (Å²) in [5, 5.41) is 0. The van der Waals surface area contributed by atoms with E-state index in [0.717, 1.165) is 24.3 Å². The number of sulfonamides is 1. The molecule has 2 heterocycles. The molecule has 1 aliphatic rings. The molecule has 6 nitrogen and oxygen atoms in total. The summed E-state index contributed by atoms with van der Waals surface area (Å²) in [7, 11) is -1.58. The summed E-state index contributed by atoms with van der Waals surface area (Å²) in [6.07, 6.45) is 0.804.